The number of halogens is 1. The van der Waals surface area contributed by atoms with E-state index in [-0.39, 0.29) is 16.0 Å². The Kier molecular flexibility index (Phi) is 6.28. The molecule has 1 saturated heterocycles. The summed E-state index contributed by atoms with van der Waals surface area (Å²) >= 11 is 6.00. The predicted molar refractivity (Wildman–Crippen MR) is 128 cm³/mol. The number of nitrogens with one attached hydrogen (secondary N) is 2. The molecule has 0 radical (unpaired) electrons. The average molecular weight is 491 g/mol. The van der Waals surface area contributed by atoms with Gasteiger partial charge < -0.3 is 15.0 Å². The molecular weight excluding hydrogens is 464 g/mol. The Morgan fingerprint density at radius 1 is 1.18 bits per heavy atom. The second kappa shape index (κ2) is 8.87. The normalized spacial score (nSPS) is 15.6. The van der Waals surface area contributed by atoms with Gasteiger partial charge >= 0.3 is 6.09 Å². The summed E-state index contributed by atoms with van der Waals surface area (Å²) in [5.41, 5.74) is 0.941. The number of piperidine rings is 1. The number of benzene rings is 2. The third kappa shape index (κ3) is 5.25. The van der Waals surface area contributed by atoms with E-state index in [1.54, 1.807) is 12.1 Å². The summed E-state index contributed by atoms with van der Waals surface area (Å²) in [5, 5.41) is 10.7. The number of ether oxygens (including phenoxy) is 1. The number of anilines is 1. The Hall–Kier alpha value is -2.78. The number of fused-ring (bicyclic) bond motifs is 1. The summed E-state index contributed by atoms with van der Waals surface area (Å²) in [6, 6.07) is 11.8. The maximum atomic E-state index is 13.2. The highest BCUT2D eigenvalue weighted by molar-refractivity contribution is 7.91. The summed E-state index contributed by atoms with van der Waals surface area (Å²) in [7, 11) is -3.81. The summed E-state index contributed by atoms with van der Waals surface area (Å²) in [6.07, 6.45) is 1.11. The van der Waals surface area contributed by atoms with Crippen LogP contribution in [0.5, 0.6) is 0 Å². The molecule has 0 aliphatic carbocycles. The van der Waals surface area contributed by atoms with Crippen LogP contribution >= 0.6 is 11.6 Å². The van der Waals surface area contributed by atoms with Gasteiger partial charge in [0, 0.05) is 35.2 Å². The van der Waals surface area contributed by atoms with E-state index in [0.29, 0.717) is 15.9 Å². The first kappa shape index (κ1) is 23.4. The van der Waals surface area contributed by atoms with E-state index in [0.717, 1.165) is 31.6 Å². The lowest BCUT2D eigenvalue weighted by Gasteiger charge is -2.34. The second-order valence-electron chi connectivity index (χ2n) is 9.12. The molecule has 2 aromatic carbocycles. The van der Waals surface area contributed by atoms with Crippen molar-refractivity contribution in [1.82, 2.24) is 15.5 Å². The molecule has 1 aromatic heterocycles. The van der Waals surface area contributed by atoms with Gasteiger partial charge in [0.15, 0.2) is 5.03 Å². The molecule has 2 heterocycles. The summed E-state index contributed by atoms with van der Waals surface area (Å²) < 4.78 is 31.7. The molecule has 1 aliphatic rings. The van der Waals surface area contributed by atoms with Crippen molar-refractivity contribution in [2.24, 2.45) is 0 Å². The van der Waals surface area contributed by atoms with Crippen LogP contribution in [0.15, 0.2) is 52.4 Å². The van der Waals surface area contributed by atoms with E-state index in [4.69, 9.17) is 16.3 Å². The van der Waals surface area contributed by atoms with Gasteiger partial charge in [-0.25, -0.2) is 13.2 Å². The molecule has 176 valence electrons. The van der Waals surface area contributed by atoms with Crippen molar-refractivity contribution in [2.45, 2.75) is 55.2 Å². The largest absolute Gasteiger partial charge is 0.444 e. The fourth-order valence-corrected chi connectivity index (χ4v) is 5.53. The van der Waals surface area contributed by atoms with E-state index in [1.165, 1.54) is 12.1 Å². The number of carbonyl (C=O) groups is 1. The van der Waals surface area contributed by atoms with Gasteiger partial charge in [0.25, 0.3) is 0 Å². The average Bonchev–Trinajstić information content (AvgIpc) is 3.17. The van der Waals surface area contributed by atoms with Crippen LogP contribution in [0.25, 0.3) is 10.9 Å². The number of aromatic amines is 1. The lowest BCUT2D eigenvalue weighted by molar-refractivity contribution is 0.0497. The monoisotopic (exact) mass is 490 g/mol. The van der Waals surface area contributed by atoms with Crippen LogP contribution < -0.4 is 10.2 Å². The minimum absolute atomic E-state index is 0.0347. The third-order valence-corrected chi connectivity index (χ3v) is 7.42. The molecule has 33 heavy (non-hydrogen) atoms. The number of sulfone groups is 1. The number of nitrogens with zero attached hydrogens (tertiary/aromatic N) is 2. The van der Waals surface area contributed by atoms with Crippen LogP contribution in [0.2, 0.25) is 5.02 Å². The first-order chi connectivity index (χ1) is 15.5. The highest BCUT2D eigenvalue weighted by Gasteiger charge is 2.26. The molecule has 4 rings (SSSR count). The molecule has 1 amide bonds. The van der Waals surface area contributed by atoms with Crippen molar-refractivity contribution in [3.63, 3.8) is 0 Å². The van der Waals surface area contributed by atoms with E-state index in [1.807, 2.05) is 39.0 Å². The number of aromatic nitrogens is 2. The zero-order valence-corrected chi connectivity index (χ0v) is 20.3. The van der Waals surface area contributed by atoms with Gasteiger partial charge in [0.2, 0.25) is 9.84 Å². The third-order valence-electron chi connectivity index (χ3n) is 5.46. The van der Waals surface area contributed by atoms with Crippen LogP contribution in [-0.4, -0.2) is 49.4 Å². The van der Waals surface area contributed by atoms with Crippen LogP contribution in [0.3, 0.4) is 0 Å². The summed E-state index contributed by atoms with van der Waals surface area (Å²) in [6.45, 7) is 6.95. The Morgan fingerprint density at radius 2 is 1.91 bits per heavy atom. The van der Waals surface area contributed by atoms with Crippen LogP contribution in [0.1, 0.15) is 33.6 Å². The molecule has 0 bridgehead atoms. The minimum Gasteiger partial charge on any atom is -0.444 e. The van der Waals surface area contributed by atoms with Crippen molar-refractivity contribution >= 4 is 44.1 Å². The van der Waals surface area contributed by atoms with Crippen molar-refractivity contribution in [3.8, 4) is 0 Å². The molecule has 1 fully saturated rings. The molecule has 0 saturated carbocycles. The Morgan fingerprint density at radius 3 is 2.58 bits per heavy atom. The zero-order valence-electron chi connectivity index (χ0n) is 18.8. The standard InChI is InChI=1S/C23H27ClN4O4S/c1-23(2,3)32-22(29)25-16-9-11-28(12-10-16)17-7-8-20-19(14-17)21(27-26-20)33(30,31)18-6-4-5-15(24)13-18/h4-8,13-14,16H,9-12H2,1-3H3,(H,25,29)(H,26,27). The topological polar surface area (TPSA) is 104 Å². The number of alkyl carbamates (subject to hydrolysis) is 1. The van der Waals surface area contributed by atoms with E-state index in [2.05, 4.69) is 20.4 Å². The fraction of sp³-hybridized carbons (Fsp3) is 0.391. The van der Waals surface area contributed by atoms with Crippen molar-refractivity contribution in [3.05, 3.63) is 47.5 Å². The molecule has 0 atom stereocenters. The highest BCUT2D eigenvalue weighted by Crippen LogP contribution is 2.31. The number of amides is 1. The lowest BCUT2D eigenvalue weighted by Crippen LogP contribution is -2.46. The van der Waals surface area contributed by atoms with Gasteiger partial charge in [-0.2, -0.15) is 5.10 Å². The van der Waals surface area contributed by atoms with Crippen molar-refractivity contribution in [2.75, 3.05) is 18.0 Å². The number of rotatable bonds is 4. The number of H-pyrrole nitrogens is 1. The Labute approximate surface area is 198 Å². The zero-order chi connectivity index (χ0) is 23.8. The molecule has 8 nitrogen and oxygen atoms in total. The maximum absolute atomic E-state index is 13.2. The van der Waals surface area contributed by atoms with Gasteiger partial charge in [-0.1, -0.05) is 17.7 Å². The van der Waals surface area contributed by atoms with Gasteiger partial charge in [0.05, 0.1) is 10.4 Å². The van der Waals surface area contributed by atoms with Crippen LogP contribution in [0, 0.1) is 0 Å². The molecule has 3 aromatic rings. The Bertz CT molecular complexity index is 1280. The molecule has 10 heteroatoms. The molecule has 0 unspecified atom stereocenters. The first-order valence-electron chi connectivity index (χ1n) is 10.8. The van der Waals surface area contributed by atoms with Gasteiger partial charge in [-0.05, 0) is 70.0 Å². The molecule has 0 spiro atoms. The van der Waals surface area contributed by atoms with E-state index >= 15 is 0 Å². The second-order valence-corrected chi connectivity index (χ2v) is 11.4. The van der Waals surface area contributed by atoms with Crippen molar-refractivity contribution in [1.29, 1.82) is 0 Å². The smallest absolute Gasteiger partial charge is 0.407 e. The molecule has 2 N–H and O–H groups in total. The summed E-state index contributed by atoms with van der Waals surface area (Å²) in [4.78, 5) is 14.3. The lowest BCUT2D eigenvalue weighted by atomic mass is 10.0. The van der Waals surface area contributed by atoms with Crippen LogP contribution in [0.4, 0.5) is 10.5 Å². The van der Waals surface area contributed by atoms with E-state index in [9.17, 15) is 13.2 Å². The number of carbonyl (C=O) groups excluding carboxylic acids is 1. The maximum Gasteiger partial charge on any atom is 0.407 e. The minimum atomic E-state index is -3.81. The molecular formula is C23H27ClN4O4S. The van der Waals surface area contributed by atoms with Crippen LogP contribution in [-0.2, 0) is 14.6 Å². The SMILES string of the molecule is CC(C)(C)OC(=O)NC1CCN(c2ccc3n[nH]c(S(=O)(=O)c4cccc(Cl)c4)c3c2)CC1. The Balaban J connectivity index is 1.51. The van der Waals surface area contributed by atoms with Crippen molar-refractivity contribution < 1.29 is 17.9 Å². The first-order valence-corrected chi connectivity index (χ1v) is 12.6. The highest BCUT2D eigenvalue weighted by atomic mass is 35.5. The van der Waals surface area contributed by atoms with Gasteiger partial charge in [-0.3, -0.25) is 5.10 Å². The predicted octanol–water partition coefficient (Wildman–Crippen LogP) is 4.54. The fourth-order valence-electron chi connectivity index (χ4n) is 3.88. The molecule has 1 aliphatic heterocycles. The summed E-state index contributed by atoms with van der Waals surface area (Å²) in [5.74, 6) is 0. The number of hydrogen-bond acceptors (Lipinski definition) is 6. The van der Waals surface area contributed by atoms with Gasteiger partial charge in [-0.15, -0.1) is 0 Å². The quantitative estimate of drug-likeness (QED) is 0.556. The van der Waals surface area contributed by atoms with Gasteiger partial charge in [0.1, 0.15) is 5.60 Å². The number of hydrogen-bond donors (Lipinski definition) is 2. The van der Waals surface area contributed by atoms with E-state index < -0.39 is 21.5 Å².